The lowest BCUT2D eigenvalue weighted by molar-refractivity contribution is -0.132. The SMILES string of the molecule is CCCCN(CCCN)C(=O)C(N)CCCCN. The second-order valence-electron chi connectivity index (χ2n) is 4.71. The van der Waals surface area contributed by atoms with E-state index in [1.807, 2.05) is 4.90 Å². The molecular weight excluding hydrogens is 228 g/mol. The van der Waals surface area contributed by atoms with Gasteiger partial charge in [-0.15, -0.1) is 0 Å². The van der Waals surface area contributed by atoms with Gasteiger partial charge in [-0.1, -0.05) is 19.8 Å². The van der Waals surface area contributed by atoms with Crippen LogP contribution in [-0.4, -0.2) is 43.0 Å². The summed E-state index contributed by atoms with van der Waals surface area (Å²) >= 11 is 0. The van der Waals surface area contributed by atoms with Gasteiger partial charge in [-0.3, -0.25) is 4.79 Å². The molecule has 0 aliphatic rings. The molecule has 0 bridgehead atoms. The molecule has 6 N–H and O–H groups in total. The molecule has 0 saturated heterocycles. The van der Waals surface area contributed by atoms with E-state index in [4.69, 9.17) is 17.2 Å². The normalized spacial score (nSPS) is 12.4. The number of carbonyl (C=O) groups is 1. The van der Waals surface area contributed by atoms with Crippen molar-refractivity contribution in [1.82, 2.24) is 4.90 Å². The maximum absolute atomic E-state index is 12.2. The molecule has 108 valence electrons. The molecule has 0 aromatic rings. The Kier molecular flexibility index (Phi) is 11.0. The van der Waals surface area contributed by atoms with Crippen LogP contribution in [0.5, 0.6) is 0 Å². The summed E-state index contributed by atoms with van der Waals surface area (Å²) in [4.78, 5) is 14.0. The Morgan fingerprint density at radius 2 is 1.67 bits per heavy atom. The summed E-state index contributed by atoms with van der Waals surface area (Å²) in [7, 11) is 0. The van der Waals surface area contributed by atoms with Crippen LogP contribution in [0.3, 0.4) is 0 Å². The van der Waals surface area contributed by atoms with Gasteiger partial charge < -0.3 is 22.1 Å². The number of nitrogens with two attached hydrogens (primary N) is 3. The Bertz CT molecular complexity index is 203. The van der Waals surface area contributed by atoms with Gasteiger partial charge in [0.1, 0.15) is 0 Å². The summed E-state index contributed by atoms with van der Waals surface area (Å²) in [6, 6.07) is -0.383. The minimum absolute atomic E-state index is 0.0638. The van der Waals surface area contributed by atoms with E-state index < -0.39 is 0 Å². The van der Waals surface area contributed by atoms with Crippen molar-refractivity contribution in [3.63, 3.8) is 0 Å². The van der Waals surface area contributed by atoms with Gasteiger partial charge in [-0.2, -0.15) is 0 Å². The van der Waals surface area contributed by atoms with E-state index in [-0.39, 0.29) is 11.9 Å². The summed E-state index contributed by atoms with van der Waals surface area (Å²) < 4.78 is 0. The van der Waals surface area contributed by atoms with E-state index in [9.17, 15) is 4.79 Å². The number of amides is 1. The molecule has 0 aliphatic carbocycles. The first-order chi connectivity index (χ1) is 8.67. The molecule has 0 fully saturated rings. The van der Waals surface area contributed by atoms with Crippen molar-refractivity contribution in [3.8, 4) is 0 Å². The van der Waals surface area contributed by atoms with Crippen LogP contribution in [0.1, 0.15) is 45.4 Å². The molecule has 0 saturated carbocycles. The first-order valence-electron chi connectivity index (χ1n) is 7.11. The van der Waals surface area contributed by atoms with Crippen LogP contribution in [-0.2, 0) is 4.79 Å². The Morgan fingerprint density at radius 1 is 1.06 bits per heavy atom. The molecule has 1 amide bonds. The van der Waals surface area contributed by atoms with Gasteiger partial charge in [-0.25, -0.2) is 0 Å². The van der Waals surface area contributed by atoms with Gasteiger partial charge in [0.25, 0.3) is 0 Å². The van der Waals surface area contributed by atoms with E-state index >= 15 is 0 Å². The molecular formula is C13H30N4O. The van der Waals surface area contributed by atoms with E-state index in [2.05, 4.69) is 6.92 Å². The van der Waals surface area contributed by atoms with Crippen molar-refractivity contribution in [2.45, 2.75) is 51.5 Å². The van der Waals surface area contributed by atoms with Crippen LogP contribution in [0.15, 0.2) is 0 Å². The van der Waals surface area contributed by atoms with Crippen molar-refractivity contribution in [2.24, 2.45) is 17.2 Å². The maximum atomic E-state index is 12.2. The highest BCUT2D eigenvalue weighted by atomic mass is 16.2. The highest BCUT2D eigenvalue weighted by molar-refractivity contribution is 5.81. The second kappa shape index (κ2) is 11.4. The lowest BCUT2D eigenvalue weighted by atomic mass is 10.1. The van der Waals surface area contributed by atoms with Crippen molar-refractivity contribution in [1.29, 1.82) is 0 Å². The van der Waals surface area contributed by atoms with Gasteiger partial charge in [-0.05, 0) is 38.8 Å². The molecule has 18 heavy (non-hydrogen) atoms. The highest BCUT2D eigenvalue weighted by Gasteiger charge is 2.19. The fraction of sp³-hybridized carbons (Fsp3) is 0.923. The molecule has 0 aromatic carbocycles. The molecule has 0 aromatic heterocycles. The van der Waals surface area contributed by atoms with Crippen LogP contribution in [0.25, 0.3) is 0 Å². The Hall–Kier alpha value is -0.650. The number of nitrogens with zero attached hydrogens (tertiary/aromatic N) is 1. The topological polar surface area (TPSA) is 98.4 Å². The predicted molar refractivity (Wildman–Crippen MR) is 76.0 cm³/mol. The van der Waals surface area contributed by atoms with Gasteiger partial charge >= 0.3 is 0 Å². The van der Waals surface area contributed by atoms with Crippen LogP contribution in [0, 0.1) is 0 Å². The minimum atomic E-state index is -0.383. The zero-order valence-electron chi connectivity index (χ0n) is 11.7. The molecule has 0 rings (SSSR count). The van der Waals surface area contributed by atoms with E-state index in [0.717, 1.165) is 51.6 Å². The third kappa shape index (κ3) is 7.63. The fourth-order valence-corrected chi connectivity index (χ4v) is 1.83. The van der Waals surface area contributed by atoms with Crippen molar-refractivity contribution < 1.29 is 4.79 Å². The molecule has 5 nitrogen and oxygen atoms in total. The average molecular weight is 258 g/mol. The van der Waals surface area contributed by atoms with E-state index in [0.29, 0.717) is 13.1 Å². The lowest BCUT2D eigenvalue weighted by Gasteiger charge is -2.25. The van der Waals surface area contributed by atoms with E-state index in [1.165, 1.54) is 0 Å². The molecule has 1 unspecified atom stereocenters. The fourth-order valence-electron chi connectivity index (χ4n) is 1.83. The summed E-state index contributed by atoms with van der Waals surface area (Å²) in [5.74, 6) is 0.0638. The summed E-state index contributed by atoms with van der Waals surface area (Å²) in [5, 5.41) is 0. The van der Waals surface area contributed by atoms with Crippen LogP contribution < -0.4 is 17.2 Å². The van der Waals surface area contributed by atoms with Crippen LogP contribution in [0.4, 0.5) is 0 Å². The quantitative estimate of drug-likeness (QED) is 0.468. The van der Waals surface area contributed by atoms with Crippen molar-refractivity contribution in [2.75, 3.05) is 26.2 Å². The standard InChI is InChI=1S/C13H30N4O/c1-2-3-10-17(11-6-9-15)13(18)12(16)7-4-5-8-14/h12H,2-11,14-16H2,1H3. The number of unbranched alkanes of at least 4 members (excludes halogenated alkanes) is 2. The average Bonchev–Trinajstić information content (AvgIpc) is 2.38. The number of rotatable bonds is 11. The molecule has 0 radical (unpaired) electrons. The van der Waals surface area contributed by atoms with Crippen LogP contribution in [0.2, 0.25) is 0 Å². The first kappa shape index (κ1) is 17.4. The molecule has 0 heterocycles. The molecule has 0 spiro atoms. The third-order valence-electron chi connectivity index (χ3n) is 3.01. The summed E-state index contributed by atoms with van der Waals surface area (Å²) in [6.07, 6.45) is 5.51. The minimum Gasteiger partial charge on any atom is -0.341 e. The highest BCUT2D eigenvalue weighted by Crippen LogP contribution is 2.05. The number of carbonyl (C=O) groups excluding carboxylic acids is 1. The zero-order chi connectivity index (χ0) is 13.8. The Labute approximate surface area is 111 Å². The monoisotopic (exact) mass is 258 g/mol. The number of hydrogen-bond acceptors (Lipinski definition) is 4. The van der Waals surface area contributed by atoms with Gasteiger partial charge in [0.05, 0.1) is 6.04 Å². The first-order valence-corrected chi connectivity index (χ1v) is 7.11. The smallest absolute Gasteiger partial charge is 0.239 e. The van der Waals surface area contributed by atoms with Crippen molar-refractivity contribution in [3.05, 3.63) is 0 Å². The van der Waals surface area contributed by atoms with Crippen molar-refractivity contribution >= 4 is 5.91 Å². The van der Waals surface area contributed by atoms with E-state index in [1.54, 1.807) is 0 Å². The lowest BCUT2D eigenvalue weighted by Crippen LogP contribution is -2.45. The second-order valence-corrected chi connectivity index (χ2v) is 4.71. The van der Waals surface area contributed by atoms with Gasteiger partial charge in [0, 0.05) is 13.1 Å². The predicted octanol–water partition coefficient (Wildman–Crippen LogP) is 0.420. The Balaban J connectivity index is 4.15. The number of hydrogen-bond donors (Lipinski definition) is 3. The molecule has 1 atom stereocenters. The van der Waals surface area contributed by atoms with Crippen LogP contribution >= 0.6 is 0 Å². The maximum Gasteiger partial charge on any atom is 0.239 e. The molecule has 0 aliphatic heterocycles. The van der Waals surface area contributed by atoms with Gasteiger partial charge in [0.15, 0.2) is 0 Å². The summed E-state index contributed by atoms with van der Waals surface area (Å²) in [6.45, 7) is 4.90. The third-order valence-corrected chi connectivity index (χ3v) is 3.01. The summed E-state index contributed by atoms with van der Waals surface area (Å²) in [5.41, 5.74) is 16.9. The molecule has 5 heteroatoms. The zero-order valence-corrected chi connectivity index (χ0v) is 11.7. The van der Waals surface area contributed by atoms with Gasteiger partial charge in [0.2, 0.25) is 5.91 Å². The largest absolute Gasteiger partial charge is 0.341 e. The Morgan fingerprint density at radius 3 is 2.22 bits per heavy atom.